The van der Waals surface area contributed by atoms with Crippen LogP contribution in [-0.4, -0.2) is 120 Å². The van der Waals surface area contributed by atoms with Gasteiger partial charge in [-0.25, -0.2) is 0 Å². The van der Waals surface area contributed by atoms with Gasteiger partial charge in [-0.3, -0.25) is 19.3 Å². The first-order valence-electron chi connectivity index (χ1n) is 15.8. The molecule has 1 N–H and O–H groups in total. The van der Waals surface area contributed by atoms with E-state index in [4.69, 9.17) is 14.2 Å². The van der Waals surface area contributed by atoms with Gasteiger partial charge in [0.15, 0.2) is 0 Å². The summed E-state index contributed by atoms with van der Waals surface area (Å²) in [7, 11) is 0. The molecule has 2 unspecified atom stereocenters. The van der Waals surface area contributed by atoms with Crippen LogP contribution in [0, 0.1) is 17.8 Å². The zero-order chi connectivity index (χ0) is 30.5. The lowest BCUT2D eigenvalue weighted by Gasteiger charge is -2.41. The van der Waals surface area contributed by atoms with E-state index in [9.17, 15) is 19.5 Å². The monoisotopic (exact) mass is 589 g/mol. The number of carbonyl (C=O) groups excluding carboxylic acids is 3. The molecule has 6 atom stereocenters. The highest BCUT2D eigenvalue weighted by atomic mass is 16.6. The van der Waals surface area contributed by atoms with Crippen LogP contribution in [0.3, 0.4) is 0 Å². The molecule has 10 nitrogen and oxygen atoms in total. The molecule has 10 heteroatoms. The number of aliphatic hydroxyl groups is 1. The Balaban J connectivity index is 1.67. The minimum atomic E-state index is -1.16. The van der Waals surface area contributed by atoms with Crippen LogP contribution in [0.2, 0.25) is 0 Å². The van der Waals surface area contributed by atoms with Crippen LogP contribution >= 0.6 is 0 Å². The first-order valence-corrected chi connectivity index (χ1v) is 15.8. The Bertz CT molecular complexity index is 999. The number of amides is 2. The quantitative estimate of drug-likeness (QED) is 0.166. The van der Waals surface area contributed by atoms with Crippen molar-refractivity contribution >= 4 is 17.8 Å². The van der Waals surface area contributed by atoms with Crippen molar-refractivity contribution in [2.75, 3.05) is 59.2 Å². The van der Waals surface area contributed by atoms with Crippen LogP contribution in [0.5, 0.6) is 0 Å². The first-order chi connectivity index (χ1) is 20.2. The number of likely N-dealkylation sites (tertiary alicyclic amines) is 1. The summed E-state index contributed by atoms with van der Waals surface area (Å²) in [6, 6.07) is -1.54. The Morgan fingerprint density at radius 3 is 2.55 bits per heavy atom. The Hall–Kier alpha value is -2.27. The number of hydrogen-bond donors (Lipinski definition) is 1. The molecule has 4 fully saturated rings. The van der Waals surface area contributed by atoms with E-state index in [2.05, 4.69) is 18.1 Å². The van der Waals surface area contributed by atoms with Crippen molar-refractivity contribution in [3.63, 3.8) is 0 Å². The largest absolute Gasteiger partial charge is 0.465 e. The molecule has 4 aliphatic rings. The van der Waals surface area contributed by atoms with Gasteiger partial charge in [0.1, 0.15) is 17.6 Å². The van der Waals surface area contributed by atoms with E-state index < -0.39 is 41.1 Å². The molecule has 0 aromatic rings. The van der Waals surface area contributed by atoms with E-state index in [1.54, 1.807) is 15.9 Å². The number of allylic oxidation sites excluding steroid dienone is 1. The molecule has 236 valence electrons. The van der Waals surface area contributed by atoms with Crippen molar-refractivity contribution in [1.82, 2.24) is 14.7 Å². The molecule has 4 rings (SSSR count). The van der Waals surface area contributed by atoms with Crippen molar-refractivity contribution in [3.8, 4) is 0 Å². The normalized spacial score (nSPS) is 31.3. The number of fused-ring (bicyclic) bond motifs is 1. The summed E-state index contributed by atoms with van der Waals surface area (Å²) in [6.45, 7) is 17.8. The Kier molecular flexibility index (Phi) is 10.9. The number of hydrogen-bond acceptors (Lipinski definition) is 8. The second kappa shape index (κ2) is 14.0. The van der Waals surface area contributed by atoms with Crippen LogP contribution < -0.4 is 0 Å². The zero-order valence-corrected chi connectivity index (χ0v) is 25.8. The maximum absolute atomic E-state index is 14.6. The molecule has 1 spiro atoms. The molecule has 4 aliphatic heterocycles. The molecule has 0 radical (unpaired) electrons. The van der Waals surface area contributed by atoms with Crippen molar-refractivity contribution in [2.24, 2.45) is 17.8 Å². The lowest BCUT2D eigenvalue weighted by Crippen LogP contribution is -2.60. The summed E-state index contributed by atoms with van der Waals surface area (Å²) >= 11 is 0. The number of unbranched alkanes of at least 4 members (excludes halogenated alkanes) is 2. The minimum absolute atomic E-state index is 0.113. The van der Waals surface area contributed by atoms with Gasteiger partial charge in [0, 0.05) is 32.7 Å². The SMILES string of the molecule is C=CCCCCOC(=O)[C@H]1[C@H]2C(=O)N([C@@H](CO)C(C)C)C(C(=O)N(CC=C)CCN3CCOCC3)C23CC[C@]1(CC)O3. The fourth-order valence-corrected chi connectivity index (χ4v) is 7.63. The van der Waals surface area contributed by atoms with Crippen molar-refractivity contribution in [2.45, 2.75) is 82.6 Å². The average molecular weight is 590 g/mol. The Morgan fingerprint density at radius 1 is 1.19 bits per heavy atom. The van der Waals surface area contributed by atoms with Crippen molar-refractivity contribution in [3.05, 3.63) is 25.3 Å². The van der Waals surface area contributed by atoms with Gasteiger partial charge in [0.05, 0.1) is 44.0 Å². The predicted molar refractivity (Wildman–Crippen MR) is 158 cm³/mol. The molecule has 42 heavy (non-hydrogen) atoms. The van der Waals surface area contributed by atoms with E-state index in [1.807, 2.05) is 26.8 Å². The second-order valence-corrected chi connectivity index (χ2v) is 12.6. The summed E-state index contributed by atoms with van der Waals surface area (Å²) in [5.74, 6) is -2.68. The maximum Gasteiger partial charge on any atom is 0.312 e. The lowest BCUT2D eigenvalue weighted by molar-refractivity contribution is -0.164. The van der Waals surface area contributed by atoms with Gasteiger partial charge < -0.3 is 29.1 Å². The highest BCUT2D eigenvalue weighted by molar-refractivity contribution is 5.98. The fourth-order valence-electron chi connectivity index (χ4n) is 7.63. The summed E-state index contributed by atoms with van der Waals surface area (Å²) in [6.07, 6.45) is 7.56. The van der Waals surface area contributed by atoms with Gasteiger partial charge in [0.2, 0.25) is 11.8 Å². The van der Waals surface area contributed by atoms with Gasteiger partial charge in [-0.05, 0) is 44.4 Å². The van der Waals surface area contributed by atoms with E-state index in [-0.39, 0.29) is 30.9 Å². The summed E-state index contributed by atoms with van der Waals surface area (Å²) < 4.78 is 18.1. The van der Waals surface area contributed by atoms with Crippen LogP contribution in [0.4, 0.5) is 0 Å². The van der Waals surface area contributed by atoms with Gasteiger partial charge in [-0.15, -0.1) is 13.2 Å². The molecule has 4 heterocycles. The highest BCUT2D eigenvalue weighted by Gasteiger charge is 2.79. The number of rotatable bonds is 16. The fraction of sp³-hybridized carbons (Fsp3) is 0.781. The third-order valence-electron chi connectivity index (χ3n) is 9.92. The van der Waals surface area contributed by atoms with Crippen LogP contribution in [0.15, 0.2) is 25.3 Å². The number of carbonyl (C=O) groups is 3. The number of esters is 1. The van der Waals surface area contributed by atoms with E-state index in [1.165, 1.54) is 0 Å². The molecule has 0 aromatic heterocycles. The smallest absolute Gasteiger partial charge is 0.312 e. The zero-order valence-electron chi connectivity index (χ0n) is 25.8. The molecule has 2 amide bonds. The molecular weight excluding hydrogens is 538 g/mol. The molecular formula is C32H51N3O7. The van der Waals surface area contributed by atoms with Crippen molar-refractivity contribution in [1.29, 1.82) is 0 Å². The third kappa shape index (κ3) is 5.92. The van der Waals surface area contributed by atoms with Gasteiger partial charge in [-0.2, -0.15) is 0 Å². The van der Waals surface area contributed by atoms with Gasteiger partial charge >= 0.3 is 5.97 Å². The van der Waals surface area contributed by atoms with Crippen LogP contribution in [0.25, 0.3) is 0 Å². The molecule has 0 saturated carbocycles. The molecule has 2 bridgehead atoms. The minimum Gasteiger partial charge on any atom is -0.465 e. The van der Waals surface area contributed by atoms with Crippen LogP contribution in [0.1, 0.15) is 59.3 Å². The Labute approximate surface area is 251 Å². The Morgan fingerprint density at radius 2 is 1.93 bits per heavy atom. The summed E-state index contributed by atoms with van der Waals surface area (Å²) in [4.78, 5) is 48.4. The number of ether oxygens (including phenoxy) is 3. The number of nitrogens with zero attached hydrogens (tertiary/aromatic N) is 3. The van der Waals surface area contributed by atoms with Crippen LogP contribution in [-0.2, 0) is 28.6 Å². The van der Waals surface area contributed by atoms with Gasteiger partial charge in [0.25, 0.3) is 0 Å². The predicted octanol–water partition coefficient (Wildman–Crippen LogP) is 2.40. The average Bonchev–Trinajstić information content (AvgIpc) is 3.59. The summed E-state index contributed by atoms with van der Waals surface area (Å²) in [5.41, 5.74) is -2.01. The standard InChI is InChI=1S/C32H51N3O7/c1-6-9-10-11-19-41-30(39)26-25-28(37)35(24(22-36)23(4)5)27(32(25)13-12-31(26,8-3)42-32)29(38)34(14-7-2)16-15-33-17-20-40-21-18-33/h6-7,23-27,36H,1-2,8-22H2,3-5H3/t24-,25-,26+,27?,31-,32?/m0/s1. The number of aliphatic hydroxyl groups excluding tert-OH is 1. The molecule has 4 saturated heterocycles. The first kappa shape index (κ1) is 32.6. The molecule has 0 aliphatic carbocycles. The lowest BCUT2D eigenvalue weighted by atomic mass is 9.65. The third-order valence-corrected chi connectivity index (χ3v) is 9.92. The number of morpholine rings is 1. The van der Waals surface area contributed by atoms with E-state index in [0.717, 1.165) is 25.9 Å². The van der Waals surface area contributed by atoms with Crippen molar-refractivity contribution < 1.29 is 33.7 Å². The van der Waals surface area contributed by atoms with E-state index >= 15 is 0 Å². The topological polar surface area (TPSA) is 109 Å². The highest BCUT2D eigenvalue weighted by Crippen LogP contribution is 2.65. The maximum atomic E-state index is 14.6. The van der Waals surface area contributed by atoms with E-state index in [0.29, 0.717) is 58.5 Å². The van der Waals surface area contributed by atoms with Gasteiger partial charge in [-0.1, -0.05) is 32.9 Å². The molecule has 0 aromatic carbocycles. The summed E-state index contributed by atoms with van der Waals surface area (Å²) in [5, 5.41) is 10.5. The second-order valence-electron chi connectivity index (χ2n) is 12.6.